The summed E-state index contributed by atoms with van der Waals surface area (Å²) in [6.07, 6.45) is 4.69. The van der Waals surface area contributed by atoms with Crippen LogP contribution in [-0.4, -0.2) is 50.6 Å². The summed E-state index contributed by atoms with van der Waals surface area (Å²) in [5.41, 5.74) is 1.22. The van der Waals surface area contributed by atoms with Gasteiger partial charge in [-0.05, 0) is 32.4 Å². The standard InChI is InChI=1S/C14H19IN6O3S/c1-8(15)25(23,24)13(10-3-2-5-16-10)21-14(22)20-11-7-18-12-9(19-11)4-6-17-12/h4,6-8,10,13,16H,2-3,5H2,1H3,(H,17,18)(H2,19,20,21,22). The summed E-state index contributed by atoms with van der Waals surface area (Å²) in [7, 11) is -3.52. The van der Waals surface area contributed by atoms with Gasteiger partial charge in [0, 0.05) is 12.2 Å². The average molecular weight is 478 g/mol. The summed E-state index contributed by atoms with van der Waals surface area (Å²) < 4.78 is 24.6. The Kier molecular flexibility index (Phi) is 5.43. The van der Waals surface area contributed by atoms with Gasteiger partial charge in [0.25, 0.3) is 0 Å². The van der Waals surface area contributed by atoms with Crippen LogP contribution < -0.4 is 16.0 Å². The number of aromatic amines is 1. The minimum atomic E-state index is -3.52. The van der Waals surface area contributed by atoms with E-state index in [0.717, 1.165) is 13.0 Å². The molecule has 0 radical (unpaired) electrons. The lowest BCUT2D eigenvalue weighted by Gasteiger charge is -2.26. The van der Waals surface area contributed by atoms with E-state index in [0.29, 0.717) is 17.6 Å². The molecule has 136 valence electrons. The molecule has 1 fully saturated rings. The normalized spacial score (nSPS) is 20.3. The van der Waals surface area contributed by atoms with E-state index in [4.69, 9.17) is 0 Å². The van der Waals surface area contributed by atoms with Gasteiger partial charge in [0.05, 0.1) is 6.20 Å². The molecule has 2 amide bonds. The molecule has 0 bridgehead atoms. The first kappa shape index (κ1) is 18.3. The lowest BCUT2D eigenvalue weighted by Crippen LogP contribution is -2.54. The first-order chi connectivity index (χ1) is 11.9. The fourth-order valence-corrected chi connectivity index (χ4v) is 5.07. The van der Waals surface area contributed by atoms with Crippen molar-refractivity contribution in [3.63, 3.8) is 0 Å². The average Bonchev–Trinajstić information content (AvgIpc) is 3.23. The smallest absolute Gasteiger partial charge is 0.321 e. The van der Waals surface area contributed by atoms with E-state index >= 15 is 0 Å². The number of sulfone groups is 1. The maximum absolute atomic E-state index is 12.6. The number of aromatic nitrogens is 3. The van der Waals surface area contributed by atoms with Gasteiger partial charge in [-0.1, -0.05) is 22.6 Å². The molecule has 11 heteroatoms. The van der Waals surface area contributed by atoms with Gasteiger partial charge in [0.15, 0.2) is 21.3 Å². The molecule has 2 aromatic heterocycles. The highest BCUT2D eigenvalue weighted by molar-refractivity contribution is 14.1. The molecule has 1 aliphatic rings. The number of carbonyl (C=O) groups excluding carboxylic acids is 1. The van der Waals surface area contributed by atoms with Gasteiger partial charge in [-0.2, -0.15) is 0 Å². The van der Waals surface area contributed by atoms with Crippen molar-refractivity contribution in [3.05, 3.63) is 18.5 Å². The van der Waals surface area contributed by atoms with E-state index in [2.05, 4.69) is 30.9 Å². The van der Waals surface area contributed by atoms with E-state index in [9.17, 15) is 13.2 Å². The summed E-state index contributed by atoms with van der Waals surface area (Å²) in [4.78, 5) is 23.6. The molecule has 0 spiro atoms. The number of hydrogen-bond donors (Lipinski definition) is 4. The van der Waals surface area contributed by atoms with Crippen molar-refractivity contribution in [3.8, 4) is 0 Å². The van der Waals surface area contributed by atoms with E-state index in [1.807, 2.05) is 22.6 Å². The van der Waals surface area contributed by atoms with Gasteiger partial charge in [0.1, 0.15) is 14.1 Å². The van der Waals surface area contributed by atoms with Gasteiger partial charge in [-0.25, -0.2) is 23.2 Å². The first-order valence-corrected chi connectivity index (χ1v) is 10.7. The number of anilines is 1. The molecule has 1 saturated heterocycles. The number of halogens is 1. The number of nitrogens with one attached hydrogen (secondary N) is 4. The van der Waals surface area contributed by atoms with Crippen LogP contribution >= 0.6 is 22.6 Å². The summed E-state index contributed by atoms with van der Waals surface area (Å²) >= 11 is 1.85. The molecule has 3 rings (SSSR count). The predicted octanol–water partition coefficient (Wildman–Crippen LogP) is 1.35. The Labute approximate surface area is 158 Å². The number of hydrogen-bond acceptors (Lipinski definition) is 6. The highest BCUT2D eigenvalue weighted by Gasteiger charge is 2.38. The molecule has 25 heavy (non-hydrogen) atoms. The Bertz CT molecular complexity index is 862. The number of carbonyl (C=O) groups is 1. The molecular weight excluding hydrogens is 459 g/mol. The zero-order chi connectivity index (χ0) is 18.0. The van der Waals surface area contributed by atoms with Crippen molar-refractivity contribution in [2.45, 2.75) is 34.4 Å². The SMILES string of the molecule is CC(I)S(=O)(=O)C(NC(=O)Nc1cnc2[nH]ccc2n1)C1CCCN1. The van der Waals surface area contributed by atoms with Gasteiger partial charge >= 0.3 is 6.03 Å². The Morgan fingerprint density at radius 1 is 1.48 bits per heavy atom. The lowest BCUT2D eigenvalue weighted by atomic mass is 10.2. The largest absolute Gasteiger partial charge is 0.345 e. The van der Waals surface area contributed by atoms with Crippen molar-refractivity contribution >= 4 is 55.4 Å². The number of alkyl halides is 1. The molecule has 0 saturated carbocycles. The molecule has 3 atom stereocenters. The number of rotatable bonds is 5. The van der Waals surface area contributed by atoms with Crippen molar-refractivity contribution in [1.29, 1.82) is 0 Å². The summed E-state index contributed by atoms with van der Waals surface area (Å²) in [5, 5.41) is 7.30. The van der Waals surface area contributed by atoms with Crippen LogP contribution in [0, 0.1) is 0 Å². The molecule has 0 aromatic carbocycles. The zero-order valence-electron chi connectivity index (χ0n) is 13.5. The fourth-order valence-electron chi connectivity index (χ4n) is 2.76. The second-order valence-corrected chi connectivity index (χ2v) is 10.9. The monoisotopic (exact) mass is 478 g/mol. The molecule has 2 aromatic rings. The Hall–Kier alpha value is -1.47. The number of nitrogens with zero attached hydrogens (tertiary/aromatic N) is 2. The van der Waals surface area contributed by atoms with Crippen LogP contribution in [0.1, 0.15) is 19.8 Å². The Morgan fingerprint density at radius 3 is 2.96 bits per heavy atom. The summed E-state index contributed by atoms with van der Waals surface area (Å²) in [5.74, 6) is 0.252. The van der Waals surface area contributed by atoms with Crippen LogP contribution in [0.2, 0.25) is 0 Å². The van der Waals surface area contributed by atoms with Gasteiger partial charge in [0.2, 0.25) is 0 Å². The molecule has 0 aliphatic carbocycles. The van der Waals surface area contributed by atoms with E-state index in [-0.39, 0.29) is 11.9 Å². The topological polar surface area (TPSA) is 129 Å². The van der Waals surface area contributed by atoms with Gasteiger partial charge < -0.3 is 15.6 Å². The summed E-state index contributed by atoms with van der Waals surface area (Å²) in [6, 6.07) is 0.813. The molecule has 4 N–H and O–H groups in total. The fraction of sp³-hybridized carbons (Fsp3) is 0.500. The molecule has 3 heterocycles. The predicted molar refractivity (Wildman–Crippen MR) is 103 cm³/mol. The maximum atomic E-state index is 12.6. The maximum Gasteiger partial charge on any atom is 0.321 e. The highest BCUT2D eigenvalue weighted by atomic mass is 127. The number of fused-ring (bicyclic) bond motifs is 1. The Balaban J connectivity index is 1.75. The van der Waals surface area contributed by atoms with Crippen molar-refractivity contribution in [2.24, 2.45) is 0 Å². The number of amides is 2. The van der Waals surface area contributed by atoms with Crippen molar-refractivity contribution in [2.75, 3.05) is 11.9 Å². The van der Waals surface area contributed by atoms with Gasteiger partial charge in [-0.15, -0.1) is 0 Å². The van der Waals surface area contributed by atoms with Crippen molar-refractivity contribution < 1.29 is 13.2 Å². The van der Waals surface area contributed by atoms with Gasteiger partial charge in [-0.3, -0.25) is 5.32 Å². The summed E-state index contributed by atoms with van der Waals surface area (Å²) in [6.45, 7) is 2.34. The number of H-pyrrole nitrogens is 1. The second kappa shape index (κ2) is 7.41. The highest BCUT2D eigenvalue weighted by Crippen LogP contribution is 2.21. The van der Waals surface area contributed by atoms with Crippen LogP contribution in [0.15, 0.2) is 18.5 Å². The van der Waals surface area contributed by atoms with Crippen LogP contribution in [-0.2, 0) is 9.84 Å². The van der Waals surface area contributed by atoms with Crippen LogP contribution in [0.4, 0.5) is 10.6 Å². The lowest BCUT2D eigenvalue weighted by molar-refractivity contribution is 0.249. The molecule has 1 aliphatic heterocycles. The zero-order valence-corrected chi connectivity index (χ0v) is 16.5. The van der Waals surface area contributed by atoms with Crippen molar-refractivity contribution in [1.82, 2.24) is 25.6 Å². The quantitative estimate of drug-likeness (QED) is 0.380. The van der Waals surface area contributed by atoms with E-state index < -0.39 is 24.5 Å². The third kappa shape index (κ3) is 4.03. The van der Waals surface area contributed by atoms with E-state index in [1.54, 1.807) is 19.2 Å². The third-order valence-electron chi connectivity index (χ3n) is 4.05. The van der Waals surface area contributed by atoms with Crippen LogP contribution in [0.25, 0.3) is 11.2 Å². The molecule has 3 unspecified atom stereocenters. The number of urea groups is 1. The molecular formula is C14H19IN6O3S. The second-order valence-electron chi connectivity index (χ2n) is 5.82. The Morgan fingerprint density at radius 2 is 2.28 bits per heavy atom. The molecule has 9 nitrogen and oxygen atoms in total. The van der Waals surface area contributed by atoms with Crippen LogP contribution in [0.3, 0.4) is 0 Å². The minimum absolute atomic E-state index is 0.252. The third-order valence-corrected chi connectivity index (χ3v) is 8.23. The van der Waals surface area contributed by atoms with Crippen LogP contribution in [0.5, 0.6) is 0 Å². The minimum Gasteiger partial charge on any atom is -0.345 e. The van der Waals surface area contributed by atoms with E-state index in [1.165, 1.54) is 6.20 Å². The first-order valence-electron chi connectivity index (χ1n) is 7.86.